The Morgan fingerprint density at radius 3 is 2.56 bits per heavy atom. The van der Waals surface area contributed by atoms with Crippen LogP contribution in [0.25, 0.3) is 11.3 Å². The molecule has 0 saturated heterocycles. The van der Waals surface area contributed by atoms with E-state index in [0.717, 1.165) is 34.6 Å². The SMILES string of the molecule is Cc1ccc(OCc2ccccc2)c(-c2ccc(C(=O)O)c(CCC3CCCCC3)n2)c1. The average Bonchev–Trinajstić information content (AvgIpc) is 2.83. The van der Waals surface area contributed by atoms with Crippen molar-refractivity contribution in [1.29, 1.82) is 0 Å². The van der Waals surface area contributed by atoms with E-state index in [1.54, 1.807) is 12.1 Å². The number of carboxylic acids is 1. The second kappa shape index (κ2) is 10.4. The summed E-state index contributed by atoms with van der Waals surface area (Å²) in [5.74, 6) is 0.528. The maximum atomic E-state index is 11.8. The minimum atomic E-state index is -0.910. The molecule has 1 heterocycles. The summed E-state index contributed by atoms with van der Waals surface area (Å²) < 4.78 is 6.15. The molecule has 2 aromatic carbocycles. The third kappa shape index (κ3) is 5.56. The van der Waals surface area contributed by atoms with E-state index < -0.39 is 5.97 Å². The minimum absolute atomic E-state index is 0.309. The van der Waals surface area contributed by atoms with Crippen molar-refractivity contribution in [2.45, 2.75) is 58.5 Å². The number of hydrogen-bond donors (Lipinski definition) is 1. The van der Waals surface area contributed by atoms with Gasteiger partial charge in [-0.3, -0.25) is 4.98 Å². The number of aromatic nitrogens is 1. The summed E-state index contributed by atoms with van der Waals surface area (Å²) in [5.41, 5.74) is 4.86. The third-order valence-electron chi connectivity index (χ3n) is 6.37. The largest absolute Gasteiger partial charge is 0.488 e. The minimum Gasteiger partial charge on any atom is -0.488 e. The summed E-state index contributed by atoms with van der Waals surface area (Å²) in [6.07, 6.45) is 8.09. The normalized spacial score (nSPS) is 14.3. The number of carbonyl (C=O) groups is 1. The van der Waals surface area contributed by atoms with Crippen molar-refractivity contribution in [1.82, 2.24) is 4.98 Å². The molecule has 1 aliphatic carbocycles. The van der Waals surface area contributed by atoms with Crippen molar-refractivity contribution in [3.05, 3.63) is 83.0 Å². The van der Waals surface area contributed by atoms with Crippen LogP contribution >= 0.6 is 0 Å². The molecular formula is C28H31NO3. The van der Waals surface area contributed by atoms with Crippen LogP contribution < -0.4 is 4.74 Å². The summed E-state index contributed by atoms with van der Waals surface area (Å²) >= 11 is 0. The number of benzene rings is 2. The van der Waals surface area contributed by atoms with Gasteiger partial charge in [-0.1, -0.05) is 74.1 Å². The van der Waals surface area contributed by atoms with Gasteiger partial charge in [0.15, 0.2) is 0 Å². The van der Waals surface area contributed by atoms with Crippen LogP contribution in [0.4, 0.5) is 0 Å². The summed E-state index contributed by atoms with van der Waals surface area (Å²) in [7, 11) is 0. The number of nitrogens with zero attached hydrogens (tertiary/aromatic N) is 1. The zero-order chi connectivity index (χ0) is 22.3. The lowest BCUT2D eigenvalue weighted by Gasteiger charge is -2.21. The lowest BCUT2D eigenvalue weighted by atomic mass is 9.85. The van der Waals surface area contributed by atoms with E-state index in [9.17, 15) is 9.90 Å². The molecule has 166 valence electrons. The highest BCUT2D eigenvalue weighted by Crippen LogP contribution is 2.32. The van der Waals surface area contributed by atoms with Crippen molar-refractivity contribution >= 4 is 5.97 Å². The van der Waals surface area contributed by atoms with Crippen LogP contribution in [0.3, 0.4) is 0 Å². The van der Waals surface area contributed by atoms with E-state index in [1.165, 1.54) is 32.1 Å². The zero-order valence-electron chi connectivity index (χ0n) is 18.7. The second-order valence-electron chi connectivity index (χ2n) is 8.81. The molecule has 1 N–H and O–H groups in total. The summed E-state index contributed by atoms with van der Waals surface area (Å²) in [4.78, 5) is 16.7. The quantitative estimate of drug-likeness (QED) is 0.425. The topological polar surface area (TPSA) is 59.4 Å². The average molecular weight is 430 g/mol. The highest BCUT2D eigenvalue weighted by molar-refractivity contribution is 5.89. The first-order chi connectivity index (χ1) is 15.6. The lowest BCUT2D eigenvalue weighted by Crippen LogP contribution is -2.11. The molecule has 0 radical (unpaired) electrons. The Labute approximate surface area is 190 Å². The van der Waals surface area contributed by atoms with Crippen LogP contribution in [0.1, 0.15) is 65.7 Å². The van der Waals surface area contributed by atoms with Crippen molar-refractivity contribution < 1.29 is 14.6 Å². The highest BCUT2D eigenvalue weighted by Gasteiger charge is 2.19. The Hall–Kier alpha value is -3.14. The molecule has 4 heteroatoms. The summed E-state index contributed by atoms with van der Waals surface area (Å²) in [6, 6.07) is 19.6. The van der Waals surface area contributed by atoms with Gasteiger partial charge in [0.2, 0.25) is 0 Å². The fraction of sp³-hybridized carbons (Fsp3) is 0.357. The number of aryl methyl sites for hydroxylation is 2. The van der Waals surface area contributed by atoms with Crippen molar-refractivity contribution in [3.8, 4) is 17.0 Å². The predicted molar refractivity (Wildman–Crippen MR) is 127 cm³/mol. The smallest absolute Gasteiger partial charge is 0.337 e. The number of aromatic carboxylic acids is 1. The van der Waals surface area contributed by atoms with Gasteiger partial charge in [0.1, 0.15) is 12.4 Å². The van der Waals surface area contributed by atoms with E-state index in [-0.39, 0.29) is 0 Å². The number of rotatable bonds is 8. The van der Waals surface area contributed by atoms with Crippen LogP contribution in [0.15, 0.2) is 60.7 Å². The first kappa shape index (κ1) is 22.1. The molecule has 4 rings (SSSR count). The van der Waals surface area contributed by atoms with E-state index in [1.807, 2.05) is 49.4 Å². The number of carboxylic acid groups (broad SMARTS) is 1. The van der Waals surface area contributed by atoms with Crippen molar-refractivity contribution in [2.75, 3.05) is 0 Å². The Morgan fingerprint density at radius 1 is 1.03 bits per heavy atom. The van der Waals surface area contributed by atoms with Gasteiger partial charge in [0, 0.05) is 5.56 Å². The van der Waals surface area contributed by atoms with Crippen molar-refractivity contribution in [2.24, 2.45) is 5.92 Å². The van der Waals surface area contributed by atoms with E-state index in [0.29, 0.717) is 30.2 Å². The zero-order valence-corrected chi connectivity index (χ0v) is 18.7. The third-order valence-corrected chi connectivity index (χ3v) is 6.37. The number of hydrogen-bond acceptors (Lipinski definition) is 3. The molecule has 1 saturated carbocycles. The van der Waals surface area contributed by atoms with E-state index in [4.69, 9.17) is 9.72 Å². The van der Waals surface area contributed by atoms with Gasteiger partial charge < -0.3 is 9.84 Å². The Bertz CT molecular complexity index is 1060. The van der Waals surface area contributed by atoms with Gasteiger partial charge in [-0.05, 0) is 55.5 Å². The lowest BCUT2D eigenvalue weighted by molar-refractivity contribution is 0.0695. The molecule has 32 heavy (non-hydrogen) atoms. The van der Waals surface area contributed by atoms with Gasteiger partial charge in [0.25, 0.3) is 0 Å². The standard InChI is InChI=1S/C28H31NO3/c1-20-12-17-27(32-19-22-10-6-3-7-11-22)24(18-20)26-16-14-23(28(30)31)25(29-26)15-13-21-8-4-2-5-9-21/h3,6-7,10-12,14,16-18,21H,2,4-5,8-9,13,15,19H2,1H3,(H,30,31). The fourth-order valence-corrected chi connectivity index (χ4v) is 4.56. The van der Waals surface area contributed by atoms with E-state index in [2.05, 4.69) is 6.07 Å². The molecular weight excluding hydrogens is 398 g/mol. The maximum absolute atomic E-state index is 11.8. The van der Waals surface area contributed by atoms with Gasteiger partial charge in [0.05, 0.1) is 17.0 Å². The van der Waals surface area contributed by atoms with Crippen LogP contribution in [-0.2, 0) is 13.0 Å². The first-order valence-corrected chi connectivity index (χ1v) is 11.6. The van der Waals surface area contributed by atoms with Gasteiger partial charge in [-0.25, -0.2) is 4.79 Å². The molecule has 0 unspecified atom stereocenters. The molecule has 1 aromatic heterocycles. The number of ether oxygens (including phenoxy) is 1. The van der Waals surface area contributed by atoms with Gasteiger partial charge in [-0.15, -0.1) is 0 Å². The molecule has 0 amide bonds. The van der Waals surface area contributed by atoms with Gasteiger partial charge in [-0.2, -0.15) is 0 Å². The second-order valence-corrected chi connectivity index (χ2v) is 8.81. The number of pyridine rings is 1. The van der Waals surface area contributed by atoms with Crippen LogP contribution in [0.2, 0.25) is 0 Å². The Kier molecular flexibility index (Phi) is 7.21. The van der Waals surface area contributed by atoms with Crippen LogP contribution in [-0.4, -0.2) is 16.1 Å². The summed E-state index contributed by atoms with van der Waals surface area (Å²) in [6.45, 7) is 2.51. The van der Waals surface area contributed by atoms with Crippen molar-refractivity contribution in [3.63, 3.8) is 0 Å². The molecule has 1 aliphatic rings. The molecule has 0 aliphatic heterocycles. The Balaban J connectivity index is 1.60. The molecule has 0 spiro atoms. The van der Waals surface area contributed by atoms with Gasteiger partial charge >= 0.3 is 5.97 Å². The summed E-state index contributed by atoms with van der Waals surface area (Å²) in [5, 5.41) is 9.71. The van der Waals surface area contributed by atoms with Crippen LogP contribution in [0.5, 0.6) is 5.75 Å². The first-order valence-electron chi connectivity index (χ1n) is 11.6. The molecule has 1 fully saturated rings. The maximum Gasteiger partial charge on any atom is 0.337 e. The molecule has 4 nitrogen and oxygen atoms in total. The predicted octanol–water partition coefficient (Wildman–Crippen LogP) is 6.85. The Morgan fingerprint density at radius 2 is 1.81 bits per heavy atom. The molecule has 0 atom stereocenters. The highest BCUT2D eigenvalue weighted by atomic mass is 16.5. The molecule has 3 aromatic rings. The molecule has 0 bridgehead atoms. The monoisotopic (exact) mass is 429 g/mol. The fourth-order valence-electron chi connectivity index (χ4n) is 4.56. The van der Waals surface area contributed by atoms with Crippen LogP contribution in [0, 0.1) is 12.8 Å². The van der Waals surface area contributed by atoms with E-state index >= 15 is 0 Å².